The second-order valence-corrected chi connectivity index (χ2v) is 5.99. The highest BCUT2D eigenvalue weighted by atomic mass is 16.6. The minimum absolute atomic E-state index is 0.109. The van der Waals surface area contributed by atoms with Gasteiger partial charge in [-0.05, 0) is 12.8 Å². The molecule has 1 aliphatic rings. The molecule has 1 atom stereocenters. The molecule has 0 bridgehead atoms. The molecule has 6 heteroatoms. The number of ether oxygens (including phenoxy) is 2. The van der Waals surface area contributed by atoms with Crippen LogP contribution in [0.4, 0.5) is 4.79 Å². The zero-order valence-electron chi connectivity index (χ0n) is 14.1. The smallest absolute Gasteiger partial charge is 0.415 e. The fourth-order valence-corrected chi connectivity index (χ4v) is 2.52. The van der Waals surface area contributed by atoms with Crippen molar-refractivity contribution >= 4 is 18.0 Å². The van der Waals surface area contributed by atoms with Crippen LogP contribution in [0.3, 0.4) is 0 Å². The van der Waals surface area contributed by atoms with Gasteiger partial charge in [0.05, 0.1) is 6.61 Å². The molecule has 6 nitrogen and oxygen atoms in total. The van der Waals surface area contributed by atoms with Crippen molar-refractivity contribution in [1.82, 2.24) is 5.32 Å². The summed E-state index contributed by atoms with van der Waals surface area (Å²) in [5.74, 6) is -0.958. The predicted molar refractivity (Wildman–Crippen MR) is 85.8 cm³/mol. The van der Waals surface area contributed by atoms with Crippen LogP contribution in [0, 0.1) is 0 Å². The molecule has 0 spiro atoms. The van der Waals surface area contributed by atoms with Crippen molar-refractivity contribution in [3.63, 3.8) is 0 Å². The lowest BCUT2D eigenvalue weighted by Crippen LogP contribution is -2.29. The Bertz CT molecular complexity index is 383. The number of hydrogen-bond donors (Lipinski definition) is 1. The van der Waals surface area contributed by atoms with Crippen LogP contribution in [0.15, 0.2) is 0 Å². The zero-order chi connectivity index (χ0) is 16.9. The number of esters is 2. The molecule has 1 amide bonds. The molecule has 0 aliphatic carbocycles. The second kappa shape index (κ2) is 11.9. The number of nitrogens with one attached hydrogen (secondary N) is 1. The van der Waals surface area contributed by atoms with Crippen LogP contribution < -0.4 is 5.32 Å². The van der Waals surface area contributed by atoms with Crippen molar-refractivity contribution in [3.8, 4) is 0 Å². The Morgan fingerprint density at radius 3 is 2.22 bits per heavy atom. The van der Waals surface area contributed by atoms with Gasteiger partial charge in [0.1, 0.15) is 6.04 Å². The maximum Gasteiger partial charge on any atom is 0.415 e. The van der Waals surface area contributed by atoms with Crippen molar-refractivity contribution in [2.24, 2.45) is 0 Å². The quantitative estimate of drug-likeness (QED) is 0.318. The molecule has 0 aromatic heterocycles. The van der Waals surface area contributed by atoms with Crippen LogP contribution in [0.1, 0.15) is 77.6 Å². The van der Waals surface area contributed by atoms with E-state index in [1.807, 2.05) is 0 Å². The highest BCUT2D eigenvalue weighted by Gasteiger charge is 2.32. The summed E-state index contributed by atoms with van der Waals surface area (Å²) in [6, 6.07) is -0.720. The van der Waals surface area contributed by atoms with E-state index in [0.717, 1.165) is 12.8 Å². The SMILES string of the molecule is CCCCCCCCCCCOC(=O)CCC1NC(=O)OC1=O. The Balaban J connectivity index is 1.88. The van der Waals surface area contributed by atoms with Crippen LogP contribution in [0.5, 0.6) is 0 Å². The molecule has 23 heavy (non-hydrogen) atoms. The van der Waals surface area contributed by atoms with Crippen molar-refractivity contribution in [1.29, 1.82) is 0 Å². The number of carbonyl (C=O) groups is 3. The average Bonchev–Trinajstić information content (AvgIpc) is 2.85. The third-order valence-corrected chi connectivity index (χ3v) is 3.92. The van der Waals surface area contributed by atoms with E-state index in [1.165, 1.54) is 44.9 Å². The number of carbonyl (C=O) groups excluding carboxylic acids is 3. The Kier molecular flexibility index (Phi) is 10.1. The standard InChI is InChI=1S/C17H29NO5/c1-2-3-4-5-6-7-8-9-10-13-22-15(19)12-11-14-16(20)23-17(21)18-14/h14H,2-13H2,1H3,(H,18,21). The Morgan fingerprint density at radius 1 is 1.04 bits per heavy atom. The summed E-state index contributed by atoms with van der Waals surface area (Å²) in [5.41, 5.74) is 0. The van der Waals surface area contributed by atoms with E-state index < -0.39 is 18.1 Å². The van der Waals surface area contributed by atoms with E-state index in [9.17, 15) is 14.4 Å². The molecule has 1 N–H and O–H groups in total. The molecule has 1 rings (SSSR count). The Morgan fingerprint density at radius 2 is 1.65 bits per heavy atom. The van der Waals surface area contributed by atoms with Gasteiger partial charge >= 0.3 is 18.0 Å². The number of hydrogen-bond acceptors (Lipinski definition) is 5. The summed E-state index contributed by atoms with van der Waals surface area (Å²) in [4.78, 5) is 33.5. The van der Waals surface area contributed by atoms with Gasteiger partial charge < -0.3 is 14.8 Å². The van der Waals surface area contributed by atoms with Crippen LogP contribution in [-0.2, 0) is 19.1 Å². The maximum absolute atomic E-state index is 11.5. The minimum Gasteiger partial charge on any atom is -0.466 e. The zero-order valence-corrected chi connectivity index (χ0v) is 14.1. The second-order valence-electron chi connectivity index (χ2n) is 5.99. The topological polar surface area (TPSA) is 81.7 Å². The van der Waals surface area contributed by atoms with Crippen LogP contribution >= 0.6 is 0 Å². The third-order valence-electron chi connectivity index (χ3n) is 3.92. The number of amides is 1. The van der Waals surface area contributed by atoms with E-state index >= 15 is 0 Å². The highest BCUT2D eigenvalue weighted by molar-refractivity contribution is 5.95. The molecular weight excluding hydrogens is 298 g/mol. The highest BCUT2D eigenvalue weighted by Crippen LogP contribution is 2.10. The van der Waals surface area contributed by atoms with Crippen molar-refractivity contribution in [2.45, 2.75) is 83.6 Å². The number of rotatable bonds is 13. The van der Waals surface area contributed by atoms with Gasteiger partial charge in [0.15, 0.2) is 0 Å². The first-order chi connectivity index (χ1) is 11.1. The molecule has 1 heterocycles. The van der Waals surface area contributed by atoms with Gasteiger partial charge in [0.25, 0.3) is 0 Å². The van der Waals surface area contributed by atoms with Gasteiger partial charge in [-0.1, -0.05) is 58.3 Å². The van der Waals surface area contributed by atoms with Crippen LogP contribution in [-0.4, -0.2) is 30.7 Å². The van der Waals surface area contributed by atoms with Crippen LogP contribution in [0.25, 0.3) is 0 Å². The van der Waals surface area contributed by atoms with E-state index in [2.05, 4.69) is 17.0 Å². The predicted octanol–water partition coefficient (Wildman–Crippen LogP) is 3.48. The van der Waals surface area contributed by atoms with Gasteiger partial charge in [0, 0.05) is 6.42 Å². The van der Waals surface area contributed by atoms with Gasteiger partial charge in [-0.25, -0.2) is 9.59 Å². The van der Waals surface area contributed by atoms with E-state index in [0.29, 0.717) is 6.61 Å². The van der Waals surface area contributed by atoms with Crippen molar-refractivity contribution in [2.75, 3.05) is 6.61 Å². The first kappa shape index (κ1) is 19.5. The van der Waals surface area contributed by atoms with Gasteiger partial charge in [-0.15, -0.1) is 0 Å². The Hall–Kier alpha value is -1.59. The first-order valence-electron chi connectivity index (χ1n) is 8.81. The van der Waals surface area contributed by atoms with Gasteiger partial charge in [-0.2, -0.15) is 0 Å². The summed E-state index contributed by atoms with van der Waals surface area (Å²) >= 11 is 0. The third kappa shape index (κ3) is 9.21. The fraction of sp³-hybridized carbons (Fsp3) is 0.824. The lowest BCUT2D eigenvalue weighted by molar-refractivity contribution is -0.144. The van der Waals surface area contributed by atoms with Gasteiger partial charge in [0.2, 0.25) is 0 Å². The number of unbranched alkanes of at least 4 members (excludes halogenated alkanes) is 8. The molecular formula is C17H29NO5. The molecule has 0 radical (unpaired) electrons. The Labute approximate surface area is 138 Å². The molecule has 0 aromatic rings. The monoisotopic (exact) mass is 327 g/mol. The van der Waals surface area contributed by atoms with Crippen LogP contribution in [0.2, 0.25) is 0 Å². The van der Waals surface area contributed by atoms with Crippen molar-refractivity contribution < 1.29 is 23.9 Å². The lowest BCUT2D eigenvalue weighted by atomic mass is 10.1. The average molecular weight is 327 g/mol. The molecule has 0 aromatic carbocycles. The summed E-state index contributed by atoms with van der Waals surface area (Å²) in [6.45, 7) is 2.65. The summed E-state index contributed by atoms with van der Waals surface area (Å²) in [7, 11) is 0. The summed E-state index contributed by atoms with van der Waals surface area (Å²) in [5, 5.41) is 2.35. The molecule has 1 unspecified atom stereocenters. The summed E-state index contributed by atoms with van der Waals surface area (Å²) in [6.07, 6.45) is 10.5. The van der Waals surface area contributed by atoms with E-state index in [-0.39, 0.29) is 18.8 Å². The maximum atomic E-state index is 11.5. The normalized spacial score (nSPS) is 17.0. The molecule has 0 saturated carbocycles. The molecule has 1 saturated heterocycles. The molecule has 1 aliphatic heterocycles. The van der Waals surface area contributed by atoms with Gasteiger partial charge in [-0.3, -0.25) is 4.79 Å². The molecule has 1 fully saturated rings. The minimum atomic E-state index is -0.747. The first-order valence-corrected chi connectivity index (χ1v) is 8.81. The lowest BCUT2D eigenvalue weighted by Gasteiger charge is -2.07. The van der Waals surface area contributed by atoms with E-state index in [4.69, 9.17) is 4.74 Å². The van der Waals surface area contributed by atoms with E-state index in [1.54, 1.807) is 0 Å². The fourth-order valence-electron chi connectivity index (χ4n) is 2.52. The summed E-state index contributed by atoms with van der Waals surface area (Å²) < 4.78 is 9.45. The van der Waals surface area contributed by atoms with Crippen molar-refractivity contribution in [3.05, 3.63) is 0 Å². The number of cyclic esters (lactones) is 2. The largest absolute Gasteiger partial charge is 0.466 e. The number of alkyl carbamates (subject to hydrolysis) is 1. The molecule has 132 valence electrons.